The number of phenolic OH excluding ortho intramolecular Hbond substituents is 2. The first-order chi connectivity index (χ1) is 11.9. The number of phenols is 2. The van der Waals surface area contributed by atoms with Crippen molar-refractivity contribution in [3.05, 3.63) is 51.2 Å². The Morgan fingerprint density at radius 3 is 2.32 bits per heavy atom. The number of aromatic hydroxyl groups is 2. The van der Waals surface area contributed by atoms with Gasteiger partial charge in [-0.2, -0.15) is 4.98 Å². The van der Waals surface area contributed by atoms with E-state index >= 15 is 0 Å². The molecule has 7 nitrogen and oxygen atoms in total. The summed E-state index contributed by atoms with van der Waals surface area (Å²) >= 11 is 6.46. The number of rotatable bonds is 3. The molecule has 0 spiro atoms. The van der Waals surface area contributed by atoms with E-state index in [2.05, 4.69) is 42.0 Å². The van der Waals surface area contributed by atoms with Crippen molar-refractivity contribution in [3.63, 3.8) is 0 Å². The second-order valence-corrected chi connectivity index (χ2v) is 6.80. The second kappa shape index (κ2) is 6.85. The number of carbonyl (C=O) groups is 1. The fourth-order valence-corrected chi connectivity index (χ4v) is 3.25. The molecule has 0 unspecified atom stereocenters. The van der Waals surface area contributed by atoms with Gasteiger partial charge in [-0.3, -0.25) is 4.79 Å². The van der Waals surface area contributed by atoms with Crippen LogP contribution in [-0.4, -0.2) is 33.3 Å². The van der Waals surface area contributed by atoms with Crippen LogP contribution in [-0.2, 0) is 0 Å². The molecule has 0 saturated heterocycles. The molecular formula is C16H11Br2N3O4. The number of halogens is 2. The monoisotopic (exact) mass is 467 g/mol. The minimum Gasteiger partial charge on any atom is -0.508 e. The minimum atomic E-state index is -0.485. The number of carbonyl (C=O) groups excluding carboxylic acids is 1. The van der Waals surface area contributed by atoms with Crippen LogP contribution < -0.4 is 4.90 Å². The van der Waals surface area contributed by atoms with E-state index in [0.29, 0.717) is 20.2 Å². The summed E-state index contributed by atoms with van der Waals surface area (Å²) in [5.41, 5.74) is 1.13. The van der Waals surface area contributed by atoms with Gasteiger partial charge in [-0.05, 0) is 68.3 Å². The van der Waals surface area contributed by atoms with E-state index in [4.69, 9.17) is 4.52 Å². The quantitative estimate of drug-likeness (QED) is 0.603. The summed E-state index contributed by atoms with van der Waals surface area (Å²) in [6, 6.07) is 9.37. The fourth-order valence-electron chi connectivity index (χ4n) is 2.06. The number of amides is 1. The summed E-state index contributed by atoms with van der Waals surface area (Å²) in [6.45, 7) is 0. The molecule has 0 aliphatic rings. The van der Waals surface area contributed by atoms with Crippen LogP contribution in [0.5, 0.6) is 11.5 Å². The molecule has 25 heavy (non-hydrogen) atoms. The average Bonchev–Trinajstić information content (AvgIpc) is 3.08. The number of aromatic nitrogens is 2. The van der Waals surface area contributed by atoms with Gasteiger partial charge in [0, 0.05) is 18.3 Å². The van der Waals surface area contributed by atoms with Crippen LogP contribution in [0.3, 0.4) is 0 Å². The van der Waals surface area contributed by atoms with Gasteiger partial charge in [0.15, 0.2) is 0 Å². The van der Waals surface area contributed by atoms with Gasteiger partial charge in [-0.25, -0.2) is 0 Å². The zero-order valence-corrected chi connectivity index (χ0v) is 15.9. The molecule has 0 radical (unpaired) electrons. The molecule has 128 valence electrons. The summed E-state index contributed by atoms with van der Waals surface area (Å²) in [4.78, 5) is 17.9. The SMILES string of the molecule is CN(C(=O)c1nc(-c2cc(Br)c(O)c(Br)c2)no1)c1ccc(O)cc1. The summed E-state index contributed by atoms with van der Waals surface area (Å²) in [6.07, 6.45) is 0. The molecule has 2 aromatic carbocycles. The Balaban J connectivity index is 1.88. The molecule has 0 aliphatic carbocycles. The average molecular weight is 469 g/mol. The van der Waals surface area contributed by atoms with Gasteiger partial charge in [0.2, 0.25) is 5.82 Å². The Kier molecular flexibility index (Phi) is 4.78. The topological polar surface area (TPSA) is 99.7 Å². The first-order valence-corrected chi connectivity index (χ1v) is 8.54. The van der Waals surface area contributed by atoms with E-state index < -0.39 is 5.91 Å². The van der Waals surface area contributed by atoms with Crippen molar-refractivity contribution in [1.29, 1.82) is 0 Å². The van der Waals surface area contributed by atoms with Crippen molar-refractivity contribution in [2.45, 2.75) is 0 Å². The molecule has 9 heteroatoms. The molecule has 0 bridgehead atoms. The van der Waals surface area contributed by atoms with Crippen LogP contribution in [0, 0.1) is 0 Å². The number of nitrogens with zero attached hydrogens (tertiary/aromatic N) is 3. The smallest absolute Gasteiger partial charge is 0.316 e. The molecule has 2 N–H and O–H groups in total. The summed E-state index contributed by atoms with van der Waals surface area (Å²) < 4.78 is 5.97. The zero-order chi connectivity index (χ0) is 18.1. The van der Waals surface area contributed by atoms with Crippen molar-refractivity contribution in [2.75, 3.05) is 11.9 Å². The molecular weight excluding hydrogens is 458 g/mol. The first-order valence-electron chi connectivity index (χ1n) is 6.96. The third-order valence-corrected chi connectivity index (χ3v) is 4.63. The largest absolute Gasteiger partial charge is 0.508 e. The molecule has 0 atom stereocenters. The van der Waals surface area contributed by atoms with Crippen molar-refractivity contribution < 1.29 is 19.5 Å². The molecule has 1 aromatic heterocycles. The number of hydrogen-bond donors (Lipinski definition) is 2. The number of hydrogen-bond acceptors (Lipinski definition) is 6. The molecule has 3 rings (SSSR count). The van der Waals surface area contributed by atoms with Crippen LogP contribution in [0.1, 0.15) is 10.7 Å². The maximum Gasteiger partial charge on any atom is 0.316 e. The predicted octanol–water partition coefficient (Wildman–Crippen LogP) is 3.95. The third-order valence-electron chi connectivity index (χ3n) is 3.43. The number of benzene rings is 2. The first kappa shape index (κ1) is 17.4. The molecule has 0 aliphatic heterocycles. The van der Waals surface area contributed by atoms with Crippen molar-refractivity contribution in [3.8, 4) is 22.9 Å². The van der Waals surface area contributed by atoms with Gasteiger partial charge in [0.1, 0.15) is 11.5 Å². The van der Waals surface area contributed by atoms with Crippen molar-refractivity contribution in [1.82, 2.24) is 10.1 Å². The maximum absolute atomic E-state index is 12.5. The molecule has 3 aromatic rings. The molecule has 0 fully saturated rings. The van der Waals surface area contributed by atoms with Crippen LogP contribution in [0.25, 0.3) is 11.4 Å². The lowest BCUT2D eigenvalue weighted by Gasteiger charge is -2.14. The summed E-state index contributed by atoms with van der Waals surface area (Å²) in [5.74, 6) is -0.292. The summed E-state index contributed by atoms with van der Waals surface area (Å²) in [5, 5.41) is 22.9. The summed E-state index contributed by atoms with van der Waals surface area (Å²) in [7, 11) is 1.56. The molecule has 0 saturated carbocycles. The van der Waals surface area contributed by atoms with E-state index in [0.717, 1.165) is 0 Å². The van der Waals surface area contributed by atoms with E-state index in [1.165, 1.54) is 17.0 Å². The highest BCUT2D eigenvalue weighted by Gasteiger charge is 2.22. The van der Waals surface area contributed by atoms with E-state index in [1.807, 2.05) is 0 Å². The van der Waals surface area contributed by atoms with Crippen molar-refractivity contribution >= 4 is 43.5 Å². The Morgan fingerprint density at radius 2 is 1.72 bits per heavy atom. The van der Waals surface area contributed by atoms with Crippen molar-refractivity contribution in [2.24, 2.45) is 0 Å². The minimum absolute atomic E-state index is 0.0515. The van der Waals surface area contributed by atoms with Crippen LogP contribution in [0.2, 0.25) is 0 Å². The highest BCUT2D eigenvalue weighted by molar-refractivity contribution is 9.11. The normalized spacial score (nSPS) is 10.7. The Bertz CT molecular complexity index is 918. The lowest BCUT2D eigenvalue weighted by atomic mass is 10.2. The van der Waals surface area contributed by atoms with E-state index in [1.54, 1.807) is 31.3 Å². The second-order valence-electron chi connectivity index (χ2n) is 5.09. The van der Waals surface area contributed by atoms with E-state index in [9.17, 15) is 15.0 Å². The van der Waals surface area contributed by atoms with Crippen LogP contribution in [0.4, 0.5) is 5.69 Å². The van der Waals surface area contributed by atoms with Gasteiger partial charge in [-0.1, -0.05) is 5.16 Å². The molecule has 1 amide bonds. The maximum atomic E-state index is 12.5. The van der Waals surface area contributed by atoms with E-state index in [-0.39, 0.29) is 23.2 Å². The Hall–Kier alpha value is -2.39. The van der Waals surface area contributed by atoms with Gasteiger partial charge < -0.3 is 19.6 Å². The van der Waals surface area contributed by atoms with Gasteiger partial charge in [0.05, 0.1) is 8.95 Å². The highest BCUT2D eigenvalue weighted by atomic mass is 79.9. The third kappa shape index (κ3) is 3.52. The molecule has 1 heterocycles. The highest BCUT2D eigenvalue weighted by Crippen LogP contribution is 2.36. The van der Waals surface area contributed by atoms with Crippen LogP contribution in [0.15, 0.2) is 49.9 Å². The Labute approximate surface area is 159 Å². The van der Waals surface area contributed by atoms with Gasteiger partial charge >= 0.3 is 11.8 Å². The van der Waals surface area contributed by atoms with Gasteiger partial charge in [-0.15, -0.1) is 0 Å². The predicted molar refractivity (Wildman–Crippen MR) is 97.6 cm³/mol. The van der Waals surface area contributed by atoms with Gasteiger partial charge in [0.25, 0.3) is 0 Å². The standard InChI is InChI=1S/C16H11Br2N3O4/c1-21(9-2-4-10(22)5-3-9)16(24)15-19-14(20-25-15)8-6-11(17)13(23)12(18)7-8/h2-7,22-23H,1H3. The Morgan fingerprint density at radius 1 is 1.12 bits per heavy atom. The van der Waals surface area contributed by atoms with Crippen LogP contribution >= 0.6 is 31.9 Å². The fraction of sp³-hybridized carbons (Fsp3) is 0.0625. The number of anilines is 1. The lowest BCUT2D eigenvalue weighted by Crippen LogP contribution is -2.26. The lowest BCUT2D eigenvalue weighted by molar-refractivity contribution is 0.0951. The zero-order valence-electron chi connectivity index (χ0n) is 12.8.